The maximum absolute atomic E-state index is 12.3. The minimum absolute atomic E-state index is 0.113. The summed E-state index contributed by atoms with van der Waals surface area (Å²) in [4.78, 5) is 10.8. The first-order chi connectivity index (χ1) is 7.00. The molecule has 0 saturated carbocycles. The molecular weight excluding hydrogens is 277 g/mol. The first-order valence-corrected chi connectivity index (χ1v) is 4.48. The summed E-state index contributed by atoms with van der Waals surface area (Å²) in [5.41, 5.74) is 0.312. The van der Waals surface area contributed by atoms with Crippen molar-refractivity contribution in [2.24, 2.45) is 0 Å². The molecule has 80 valence electrons. The molecule has 1 rings (SSSR count). The Balaban J connectivity index is 2.82. The molecule has 0 saturated heterocycles. The van der Waals surface area contributed by atoms with Gasteiger partial charge in [0.15, 0.2) is 0 Å². The Morgan fingerprint density at radius 3 is 2.07 bits per heavy atom. The highest BCUT2D eigenvalue weighted by molar-refractivity contribution is 9.18. The number of ether oxygens (including phenoxy) is 1. The summed E-state index contributed by atoms with van der Waals surface area (Å²) in [6, 6.07) is 3.09. The van der Waals surface area contributed by atoms with Gasteiger partial charge in [-0.15, -0.1) is 0 Å². The van der Waals surface area contributed by atoms with Gasteiger partial charge in [0.2, 0.25) is 4.69 Å². The quantitative estimate of drug-likeness (QED) is 0.624. The van der Waals surface area contributed by atoms with Crippen molar-refractivity contribution in [3.05, 3.63) is 41.9 Å². The Hall–Kier alpha value is -1.30. The number of hydrogen-bond donors (Lipinski definition) is 0. The van der Waals surface area contributed by atoms with E-state index in [1.807, 2.05) is 0 Å². The monoisotopic (exact) mass is 280 g/mol. The van der Waals surface area contributed by atoms with E-state index in [1.54, 1.807) is 0 Å². The summed E-state index contributed by atoms with van der Waals surface area (Å²) in [7, 11) is 0. The average molecular weight is 281 g/mol. The highest BCUT2D eigenvalue weighted by atomic mass is 79.9. The lowest BCUT2D eigenvalue weighted by atomic mass is 10.2. The lowest BCUT2D eigenvalue weighted by Gasteiger charge is -2.01. The maximum Gasteiger partial charge on any atom is 0.344 e. The van der Waals surface area contributed by atoms with Gasteiger partial charge in [-0.25, -0.2) is 0 Å². The second-order valence-corrected chi connectivity index (χ2v) is 3.15. The van der Waals surface area contributed by atoms with Gasteiger partial charge in [0, 0.05) is 5.56 Å². The number of hydrogen-bond acceptors (Lipinski definition) is 2. The van der Waals surface area contributed by atoms with E-state index < -0.39 is 12.1 Å². The Morgan fingerprint density at radius 1 is 1.13 bits per heavy atom. The normalized spacial score (nSPS) is 9.60. The van der Waals surface area contributed by atoms with Crippen molar-refractivity contribution in [1.82, 2.24) is 0 Å². The van der Waals surface area contributed by atoms with Crippen LogP contribution in [0.1, 0.15) is 10.4 Å². The third-order valence-electron chi connectivity index (χ3n) is 1.44. The summed E-state index contributed by atoms with van der Waals surface area (Å²) < 4.78 is 39.4. The van der Waals surface area contributed by atoms with Gasteiger partial charge < -0.3 is 4.74 Å². The van der Waals surface area contributed by atoms with E-state index in [4.69, 9.17) is 0 Å². The summed E-state index contributed by atoms with van der Waals surface area (Å²) in [6.07, 6.45) is -2.53. The van der Waals surface area contributed by atoms with Gasteiger partial charge in [0.25, 0.3) is 0 Å². The maximum atomic E-state index is 12.3. The smallest absolute Gasteiger partial charge is 0.344 e. The van der Waals surface area contributed by atoms with Crippen LogP contribution >= 0.6 is 15.9 Å². The van der Waals surface area contributed by atoms with Crippen LogP contribution in [0.3, 0.4) is 0 Å². The lowest BCUT2D eigenvalue weighted by molar-refractivity contribution is 0.109. The predicted octanol–water partition coefficient (Wildman–Crippen LogP) is 3.64. The van der Waals surface area contributed by atoms with E-state index in [-0.39, 0.29) is 10.4 Å². The number of halogens is 4. The van der Waals surface area contributed by atoms with Gasteiger partial charge in [-0.2, -0.15) is 13.2 Å². The molecule has 1 aromatic carbocycles. The van der Waals surface area contributed by atoms with E-state index in [9.17, 15) is 18.0 Å². The van der Waals surface area contributed by atoms with Gasteiger partial charge in [0.1, 0.15) is 5.75 Å². The number of rotatable bonds is 3. The summed E-state index contributed by atoms with van der Waals surface area (Å²) in [6.45, 7) is 0. The standard InChI is InChI=1S/C9H4BrF3O2/c10-7(14)5-1-3-6(4-2-5)15-9(13)8(11)12/h1-4H. The fourth-order valence-corrected chi connectivity index (χ4v) is 1.06. The van der Waals surface area contributed by atoms with Crippen LogP contribution in [0.2, 0.25) is 0 Å². The van der Waals surface area contributed by atoms with E-state index in [2.05, 4.69) is 20.7 Å². The van der Waals surface area contributed by atoms with Crippen LogP contribution < -0.4 is 4.74 Å². The zero-order chi connectivity index (χ0) is 11.4. The van der Waals surface area contributed by atoms with Crippen LogP contribution in [0, 0.1) is 0 Å². The van der Waals surface area contributed by atoms with Crippen molar-refractivity contribution in [3.63, 3.8) is 0 Å². The summed E-state index contributed by atoms with van der Waals surface area (Å²) in [5, 5.41) is 0. The molecule has 0 atom stereocenters. The second kappa shape index (κ2) is 4.97. The van der Waals surface area contributed by atoms with Crippen molar-refractivity contribution in [1.29, 1.82) is 0 Å². The van der Waals surface area contributed by atoms with E-state index in [0.717, 1.165) is 0 Å². The zero-order valence-electron chi connectivity index (χ0n) is 7.14. The predicted molar refractivity (Wildman–Crippen MR) is 50.7 cm³/mol. The Labute approximate surface area is 91.5 Å². The van der Waals surface area contributed by atoms with Crippen LogP contribution in [-0.4, -0.2) is 4.69 Å². The molecule has 0 heterocycles. The third kappa shape index (κ3) is 3.39. The molecule has 0 aromatic heterocycles. The lowest BCUT2D eigenvalue weighted by Crippen LogP contribution is -1.92. The first kappa shape index (κ1) is 11.8. The highest BCUT2D eigenvalue weighted by Crippen LogP contribution is 2.19. The molecule has 0 spiro atoms. The third-order valence-corrected chi connectivity index (χ3v) is 1.90. The molecule has 0 bridgehead atoms. The molecule has 0 amide bonds. The van der Waals surface area contributed by atoms with Crippen LogP contribution in [-0.2, 0) is 0 Å². The average Bonchev–Trinajstić information content (AvgIpc) is 2.18. The molecule has 0 radical (unpaired) electrons. The minimum atomic E-state index is -2.53. The molecular formula is C9H4BrF3O2. The summed E-state index contributed by atoms with van der Waals surface area (Å²) >= 11 is 2.70. The van der Waals surface area contributed by atoms with Gasteiger partial charge in [0.05, 0.1) is 0 Å². The molecule has 0 aliphatic heterocycles. The molecule has 0 fully saturated rings. The van der Waals surface area contributed by atoms with Crippen molar-refractivity contribution in [3.8, 4) is 5.75 Å². The minimum Gasteiger partial charge on any atom is -0.428 e. The van der Waals surface area contributed by atoms with E-state index in [0.29, 0.717) is 5.56 Å². The largest absolute Gasteiger partial charge is 0.428 e. The molecule has 1 aromatic rings. The first-order valence-electron chi connectivity index (χ1n) is 3.69. The van der Waals surface area contributed by atoms with Crippen LogP contribution in [0.4, 0.5) is 13.2 Å². The molecule has 0 N–H and O–H groups in total. The topological polar surface area (TPSA) is 26.3 Å². The van der Waals surface area contributed by atoms with Crippen molar-refractivity contribution < 1.29 is 22.7 Å². The van der Waals surface area contributed by atoms with E-state index >= 15 is 0 Å². The Morgan fingerprint density at radius 2 is 1.67 bits per heavy atom. The Bertz CT molecular complexity index is 396. The van der Waals surface area contributed by atoms with Gasteiger partial charge in [-0.1, -0.05) is 0 Å². The zero-order valence-corrected chi connectivity index (χ0v) is 8.72. The molecule has 0 unspecified atom stereocenters. The number of carbonyl (C=O) groups is 1. The molecule has 6 heteroatoms. The fourth-order valence-electron chi connectivity index (χ4n) is 0.796. The number of benzene rings is 1. The van der Waals surface area contributed by atoms with Crippen molar-refractivity contribution in [2.45, 2.75) is 0 Å². The molecule has 2 nitrogen and oxygen atoms in total. The van der Waals surface area contributed by atoms with Crippen molar-refractivity contribution >= 4 is 20.6 Å². The van der Waals surface area contributed by atoms with Crippen molar-refractivity contribution in [2.75, 3.05) is 0 Å². The summed E-state index contributed by atoms with van der Waals surface area (Å²) in [5.74, 6) is -0.113. The van der Waals surface area contributed by atoms with E-state index in [1.165, 1.54) is 24.3 Å². The molecule has 15 heavy (non-hydrogen) atoms. The molecule has 0 aliphatic carbocycles. The molecule has 0 aliphatic rings. The van der Waals surface area contributed by atoms with Crippen LogP contribution in [0.25, 0.3) is 0 Å². The van der Waals surface area contributed by atoms with Crippen LogP contribution in [0.15, 0.2) is 36.4 Å². The van der Waals surface area contributed by atoms with Gasteiger partial charge in [-0.3, -0.25) is 4.79 Å². The fraction of sp³-hybridized carbons (Fsp3) is 0. The highest BCUT2D eigenvalue weighted by Gasteiger charge is 2.08. The van der Waals surface area contributed by atoms with Crippen LogP contribution in [0.5, 0.6) is 5.75 Å². The second-order valence-electron chi connectivity index (χ2n) is 2.43. The van der Waals surface area contributed by atoms with Gasteiger partial charge in [-0.05, 0) is 40.2 Å². The SMILES string of the molecule is O=C(Br)c1ccc(OC(F)=C(F)F)cc1. The number of carbonyl (C=O) groups excluding carboxylic acids is 1. The van der Waals surface area contributed by atoms with Gasteiger partial charge >= 0.3 is 12.1 Å². The Kier molecular flexibility index (Phi) is 3.90.